The predicted octanol–water partition coefficient (Wildman–Crippen LogP) is 5.32. The van der Waals surface area contributed by atoms with Crippen LogP contribution >= 0.6 is 0 Å². The molecule has 0 spiro atoms. The van der Waals surface area contributed by atoms with E-state index in [9.17, 15) is 4.79 Å². The molecule has 0 bridgehead atoms. The van der Waals surface area contributed by atoms with E-state index in [2.05, 4.69) is 81.4 Å². The summed E-state index contributed by atoms with van der Waals surface area (Å²) in [5.41, 5.74) is 6.16. The minimum Gasteiger partial charge on any atom is -0.491 e. The summed E-state index contributed by atoms with van der Waals surface area (Å²) in [6.07, 6.45) is 6.21. The second kappa shape index (κ2) is 14.2. The van der Waals surface area contributed by atoms with Gasteiger partial charge in [-0.05, 0) is 80.4 Å². The normalized spacial score (nSPS) is 20.0. The molecule has 4 heterocycles. The van der Waals surface area contributed by atoms with Crippen molar-refractivity contribution >= 4 is 11.4 Å². The zero-order chi connectivity index (χ0) is 33.8. The highest BCUT2D eigenvalue weighted by atomic mass is 16.8. The number of anilines is 2. The molecule has 3 atom stereocenters. The van der Waals surface area contributed by atoms with Crippen molar-refractivity contribution in [3.63, 3.8) is 0 Å². The van der Waals surface area contributed by atoms with Crippen molar-refractivity contribution in [1.29, 1.82) is 0 Å². The lowest BCUT2D eigenvalue weighted by atomic mass is 9.97. The van der Waals surface area contributed by atoms with Gasteiger partial charge in [-0.3, -0.25) is 0 Å². The van der Waals surface area contributed by atoms with Crippen LogP contribution in [0.3, 0.4) is 0 Å². The predicted molar refractivity (Wildman–Crippen MR) is 189 cm³/mol. The van der Waals surface area contributed by atoms with Crippen LogP contribution in [0, 0.1) is 6.92 Å². The van der Waals surface area contributed by atoms with Crippen LogP contribution in [0.5, 0.6) is 5.75 Å². The molecule has 2 fully saturated rings. The average molecular weight is 662 g/mol. The lowest BCUT2D eigenvalue weighted by Crippen LogP contribution is -2.46. The minimum atomic E-state index is -0.909. The van der Waals surface area contributed by atoms with Crippen molar-refractivity contribution in [2.45, 2.75) is 51.5 Å². The highest BCUT2D eigenvalue weighted by molar-refractivity contribution is 5.54. The van der Waals surface area contributed by atoms with E-state index in [1.165, 1.54) is 5.69 Å². The van der Waals surface area contributed by atoms with E-state index in [1.807, 2.05) is 43.3 Å². The van der Waals surface area contributed by atoms with Gasteiger partial charge in [-0.1, -0.05) is 36.8 Å². The van der Waals surface area contributed by atoms with Crippen molar-refractivity contribution in [2.24, 2.45) is 0 Å². The van der Waals surface area contributed by atoms with Crippen LogP contribution in [0.25, 0.3) is 5.69 Å². The number of aryl methyl sites for hydroxylation is 1. The number of hydrogen-bond acceptors (Lipinski definition) is 9. The first-order valence-electron chi connectivity index (χ1n) is 17.0. The molecule has 7 rings (SSSR count). The highest BCUT2D eigenvalue weighted by Gasteiger charge is 2.44. The largest absolute Gasteiger partial charge is 0.491 e. The highest BCUT2D eigenvalue weighted by Crippen LogP contribution is 2.38. The van der Waals surface area contributed by atoms with Crippen molar-refractivity contribution in [1.82, 2.24) is 24.5 Å². The molecule has 3 aromatic carbocycles. The maximum atomic E-state index is 12.8. The Morgan fingerprint density at radius 2 is 1.61 bits per heavy atom. The molecule has 11 heteroatoms. The number of ether oxygens (including phenoxy) is 3. The third-order valence-corrected chi connectivity index (χ3v) is 9.51. The van der Waals surface area contributed by atoms with Gasteiger partial charge in [-0.25, -0.2) is 14.0 Å². The van der Waals surface area contributed by atoms with Gasteiger partial charge in [-0.2, -0.15) is 15.3 Å². The van der Waals surface area contributed by atoms with Crippen LogP contribution in [-0.2, 0) is 21.7 Å². The molecule has 0 radical (unpaired) electrons. The van der Waals surface area contributed by atoms with Gasteiger partial charge in [0.25, 0.3) is 0 Å². The van der Waals surface area contributed by atoms with Crippen molar-refractivity contribution < 1.29 is 14.2 Å². The van der Waals surface area contributed by atoms with Crippen molar-refractivity contribution in [3.05, 3.63) is 125 Å². The lowest BCUT2D eigenvalue weighted by molar-refractivity contribution is -0.178. The maximum absolute atomic E-state index is 12.8. The van der Waals surface area contributed by atoms with Gasteiger partial charge < -0.3 is 24.0 Å². The molecule has 0 N–H and O–H groups in total. The van der Waals surface area contributed by atoms with E-state index >= 15 is 0 Å². The second-order valence-electron chi connectivity index (χ2n) is 12.9. The summed E-state index contributed by atoms with van der Waals surface area (Å²) in [6.45, 7) is 10.6. The lowest BCUT2D eigenvalue weighted by Gasteiger charge is -2.37. The molecule has 11 nitrogen and oxygen atoms in total. The van der Waals surface area contributed by atoms with Gasteiger partial charge in [0.1, 0.15) is 24.8 Å². The molecule has 2 saturated heterocycles. The van der Waals surface area contributed by atoms with Crippen LogP contribution in [0.4, 0.5) is 11.4 Å². The summed E-state index contributed by atoms with van der Waals surface area (Å²) >= 11 is 0. The Bertz CT molecular complexity index is 1890. The van der Waals surface area contributed by atoms with E-state index < -0.39 is 5.79 Å². The summed E-state index contributed by atoms with van der Waals surface area (Å²) < 4.78 is 22.3. The average Bonchev–Trinajstić information content (AvgIpc) is 3.75. The van der Waals surface area contributed by atoms with Crippen LogP contribution in [0.2, 0.25) is 0 Å². The molecule has 0 saturated carbocycles. The summed E-state index contributed by atoms with van der Waals surface area (Å²) in [4.78, 5) is 17.6. The van der Waals surface area contributed by atoms with Crippen LogP contribution in [-0.4, -0.2) is 70.0 Å². The van der Waals surface area contributed by atoms with Gasteiger partial charge in [-0.15, -0.1) is 0 Å². The van der Waals surface area contributed by atoms with E-state index in [0.717, 1.165) is 66.4 Å². The third kappa shape index (κ3) is 7.09. The van der Waals surface area contributed by atoms with E-state index in [4.69, 9.17) is 14.2 Å². The SMILES string of the molecule is CCC(C)n1ncn(-c2ccc(N3CCN(c4ccc(OC[C@@H]5CO[C@@](Cc6ccnnc6)(c6cccc(C)c6)O5)cc4)CC3)cc2)c1=O. The van der Waals surface area contributed by atoms with Gasteiger partial charge >= 0.3 is 5.69 Å². The Kier molecular flexibility index (Phi) is 9.45. The first-order chi connectivity index (χ1) is 23.9. The number of benzene rings is 3. The Morgan fingerprint density at radius 1 is 0.918 bits per heavy atom. The third-order valence-electron chi connectivity index (χ3n) is 9.51. The quantitative estimate of drug-likeness (QED) is 0.186. The first kappa shape index (κ1) is 32.5. The number of hydrogen-bond donors (Lipinski definition) is 0. The van der Waals surface area contributed by atoms with E-state index in [1.54, 1.807) is 28.0 Å². The Labute approximate surface area is 286 Å². The fourth-order valence-corrected chi connectivity index (χ4v) is 6.52. The van der Waals surface area contributed by atoms with Crippen LogP contribution < -0.4 is 20.2 Å². The van der Waals surface area contributed by atoms with E-state index in [-0.39, 0.29) is 17.8 Å². The standard InChI is InChI=1S/C38H43N7O4/c1-4-29(3)45-37(46)44(27-41-45)34-10-8-32(9-11-34)42-18-20-43(21-19-42)33-12-14-35(15-13-33)47-25-36-26-48-38(49-36,23-30-16-17-39-40-24-30)31-7-5-6-28(2)22-31/h5-17,22,24,27,29,36H,4,18-21,23,25-26H2,1-3H3/t29?,36-,38-/m1/s1. The van der Waals surface area contributed by atoms with Crippen LogP contribution in [0.1, 0.15) is 43.0 Å². The number of piperazine rings is 1. The van der Waals surface area contributed by atoms with Gasteiger partial charge in [0.2, 0.25) is 0 Å². The molecular weight excluding hydrogens is 618 g/mol. The second-order valence-corrected chi connectivity index (χ2v) is 12.9. The maximum Gasteiger partial charge on any atom is 0.350 e. The fraction of sp³-hybridized carbons (Fsp3) is 0.368. The monoisotopic (exact) mass is 661 g/mol. The van der Waals surface area contributed by atoms with E-state index in [0.29, 0.717) is 19.6 Å². The molecule has 5 aromatic rings. The Hall–Kier alpha value is -5.00. The molecule has 1 unspecified atom stereocenters. The summed E-state index contributed by atoms with van der Waals surface area (Å²) in [5.74, 6) is -0.111. The molecular formula is C38H43N7O4. The summed E-state index contributed by atoms with van der Waals surface area (Å²) in [6, 6.07) is 26.7. The van der Waals surface area contributed by atoms with Crippen LogP contribution in [0.15, 0.2) is 102 Å². The molecule has 2 aliphatic heterocycles. The van der Waals surface area contributed by atoms with Gasteiger partial charge in [0, 0.05) is 55.7 Å². The fourth-order valence-electron chi connectivity index (χ4n) is 6.52. The van der Waals surface area contributed by atoms with Gasteiger partial charge in [0.05, 0.1) is 24.5 Å². The molecule has 0 aliphatic carbocycles. The van der Waals surface area contributed by atoms with Crippen molar-refractivity contribution in [2.75, 3.05) is 49.2 Å². The summed E-state index contributed by atoms with van der Waals surface area (Å²) in [7, 11) is 0. The van der Waals surface area contributed by atoms with Crippen molar-refractivity contribution in [3.8, 4) is 11.4 Å². The number of nitrogens with zero attached hydrogens (tertiary/aromatic N) is 7. The van der Waals surface area contributed by atoms with Gasteiger partial charge in [0.15, 0.2) is 5.79 Å². The Balaban J connectivity index is 0.922. The molecule has 2 aliphatic rings. The summed E-state index contributed by atoms with van der Waals surface area (Å²) in [5, 5.41) is 12.3. The Morgan fingerprint density at radius 3 is 2.27 bits per heavy atom. The zero-order valence-electron chi connectivity index (χ0n) is 28.3. The molecule has 0 amide bonds. The molecule has 49 heavy (non-hydrogen) atoms. The minimum absolute atomic E-state index is 0.0717. The smallest absolute Gasteiger partial charge is 0.350 e. The first-order valence-corrected chi connectivity index (χ1v) is 17.0. The topological polar surface area (TPSA) is 99.8 Å². The molecule has 254 valence electrons. The molecule has 2 aromatic heterocycles. The zero-order valence-corrected chi connectivity index (χ0v) is 28.3. The number of aromatic nitrogens is 5. The number of rotatable bonds is 11.